The molecule has 2 unspecified atom stereocenters. The van der Waals surface area contributed by atoms with Crippen molar-refractivity contribution in [3.63, 3.8) is 0 Å². The number of hydrogen-bond acceptors (Lipinski definition) is 4. The SMILES string of the molecule is C=C(C)C(CS(=O)(=O)c1ccccc1)C1COC(C)(C)O1. The van der Waals surface area contributed by atoms with Crippen LogP contribution in [0.2, 0.25) is 0 Å². The van der Waals surface area contributed by atoms with E-state index in [4.69, 9.17) is 9.47 Å². The van der Waals surface area contributed by atoms with Crippen molar-refractivity contribution in [2.75, 3.05) is 12.4 Å². The molecule has 1 aromatic carbocycles. The van der Waals surface area contributed by atoms with Gasteiger partial charge in [0.1, 0.15) is 0 Å². The topological polar surface area (TPSA) is 52.6 Å². The second kappa shape index (κ2) is 5.91. The molecule has 116 valence electrons. The largest absolute Gasteiger partial charge is 0.348 e. The Bertz CT molecular complexity index is 604. The summed E-state index contributed by atoms with van der Waals surface area (Å²) in [4.78, 5) is 0.328. The molecule has 2 rings (SSSR count). The van der Waals surface area contributed by atoms with Crippen molar-refractivity contribution in [3.8, 4) is 0 Å². The maximum absolute atomic E-state index is 12.5. The minimum absolute atomic E-state index is 0.0174. The lowest BCUT2D eigenvalue weighted by Gasteiger charge is -2.24. The van der Waals surface area contributed by atoms with Crippen LogP contribution in [0.3, 0.4) is 0 Å². The van der Waals surface area contributed by atoms with E-state index < -0.39 is 15.6 Å². The van der Waals surface area contributed by atoms with Gasteiger partial charge in [0, 0.05) is 5.92 Å². The molecule has 0 aliphatic carbocycles. The molecule has 0 amide bonds. The third kappa shape index (κ3) is 3.93. The van der Waals surface area contributed by atoms with E-state index in [1.807, 2.05) is 20.8 Å². The highest BCUT2D eigenvalue weighted by Gasteiger charge is 2.39. The average Bonchev–Trinajstić information content (AvgIpc) is 2.77. The van der Waals surface area contributed by atoms with E-state index >= 15 is 0 Å². The van der Waals surface area contributed by atoms with E-state index in [-0.39, 0.29) is 17.8 Å². The maximum Gasteiger partial charge on any atom is 0.179 e. The number of rotatable bonds is 5. The molecule has 4 nitrogen and oxygen atoms in total. The molecule has 1 saturated heterocycles. The van der Waals surface area contributed by atoms with E-state index in [9.17, 15) is 8.42 Å². The zero-order valence-corrected chi connectivity index (χ0v) is 13.5. The molecule has 2 atom stereocenters. The molecule has 0 aromatic heterocycles. The molecular weight excluding hydrogens is 288 g/mol. The van der Waals surface area contributed by atoms with Crippen molar-refractivity contribution in [2.24, 2.45) is 5.92 Å². The highest BCUT2D eigenvalue weighted by atomic mass is 32.2. The molecule has 1 aliphatic heterocycles. The minimum Gasteiger partial charge on any atom is -0.348 e. The summed E-state index contributed by atoms with van der Waals surface area (Å²) in [6.07, 6.45) is -0.281. The normalized spacial score (nSPS) is 22.9. The number of sulfone groups is 1. The van der Waals surface area contributed by atoms with E-state index in [1.54, 1.807) is 30.3 Å². The van der Waals surface area contributed by atoms with Crippen molar-refractivity contribution in [2.45, 2.75) is 37.6 Å². The summed E-state index contributed by atoms with van der Waals surface area (Å²) < 4.78 is 36.4. The first-order chi connectivity index (χ1) is 9.71. The Hall–Kier alpha value is -1.17. The van der Waals surface area contributed by atoms with Crippen molar-refractivity contribution in [1.29, 1.82) is 0 Å². The fraction of sp³-hybridized carbons (Fsp3) is 0.500. The van der Waals surface area contributed by atoms with Crippen LogP contribution < -0.4 is 0 Å². The van der Waals surface area contributed by atoms with Crippen LogP contribution in [-0.2, 0) is 19.3 Å². The molecule has 21 heavy (non-hydrogen) atoms. The molecule has 1 heterocycles. The van der Waals surface area contributed by atoms with Gasteiger partial charge < -0.3 is 9.47 Å². The summed E-state index contributed by atoms with van der Waals surface area (Å²) in [7, 11) is -3.38. The van der Waals surface area contributed by atoms with Gasteiger partial charge in [0.2, 0.25) is 0 Å². The lowest BCUT2D eigenvalue weighted by Crippen LogP contribution is -2.32. The van der Waals surface area contributed by atoms with Crippen molar-refractivity contribution in [3.05, 3.63) is 42.5 Å². The fourth-order valence-electron chi connectivity index (χ4n) is 2.44. The number of ether oxygens (including phenoxy) is 2. The Morgan fingerprint density at radius 1 is 1.38 bits per heavy atom. The minimum atomic E-state index is -3.38. The Kier molecular flexibility index (Phi) is 4.56. The second-order valence-electron chi connectivity index (χ2n) is 5.91. The first-order valence-electron chi connectivity index (χ1n) is 6.96. The molecule has 1 fully saturated rings. The molecule has 0 radical (unpaired) electrons. The van der Waals surface area contributed by atoms with Gasteiger partial charge >= 0.3 is 0 Å². The van der Waals surface area contributed by atoms with Gasteiger partial charge in [-0.25, -0.2) is 8.42 Å². The van der Waals surface area contributed by atoms with Gasteiger partial charge in [0.15, 0.2) is 15.6 Å². The number of hydrogen-bond donors (Lipinski definition) is 0. The first kappa shape index (κ1) is 16.2. The predicted octanol–water partition coefficient (Wildman–Crippen LogP) is 2.80. The predicted molar refractivity (Wildman–Crippen MR) is 81.7 cm³/mol. The van der Waals surface area contributed by atoms with E-state index in [0.717, 1.165) is 5.57 Å². The molecule has 0 bridgehead atoms. The highest BCUT2D eigenvalue weighted by molar-refractivity contribution is 7.91. The Morgan fingerprint density at radius 3 is 2.48 bits per heavy atom. The summed E-state index contributed by atoms with van der Waals surface area (Å²) in [6, 6.07) is 8.47. The maximum atomic E-state index is 12.5. The van der Waals surface area contributed by atoms with Gasteiger partial charge in [-0.05, 0) is 32.9 Å². The van der Waals surface area contributed by atoms with Crippen LogP contribution in [-0.4, -0.2) is 32.7 Å². The summed E-state index contributed by atoms with van der Waals surface area (Å²) >= 11 is 0. The van der Waals surface area contributed by atoms with Gasteiger partial charge in [0.05, 0.1) is 23.4 Å². The quantitative estimate of drug-likeness (QED) is 0.785. The van der Waals surface area contributed by atoms with Gasteiger partial charge in [-0.2, -0.15) is 0 Å². The monoisotopic (exact) mass is 310 g/mol. The molecule has 1 aliphatic rings. The van der Waals surface area contributed by atoms with E-state index in [1.165, 1.54) is 0 Å². The third-order valence-corrected chi connectivity index (χ3v) is 5.40. The van der Waals surface area contributed by atoms with Crippen LogP contribution in [0.4, 0.5) is 0 Å². The zero-order chi connectivity index (χ0) is 15.7. The smallest absolute Gasteiger partial charge is 0.179 e. The van der Waals surface area contributed by atoms with Crippen LogP contribution >= 0.6 is 0 Å². The highest BCUT2D eigenvalue weighted by Crippen LogP contribution is 2.31. The summed E-state index contributed by atoms with van der Waals surface area (Å²) in [6.45, 7) is 9.80. The van der Waals surface area contributed by atoms with E-state index in [0.29, 0.717) is 11.5 Å². The molecular formula is C16H22O4S. The molecule has 0 spiro atoms. The summed E-state index contributed by atoms with van der Waals surface area (Å²) in [5, 5.41) is 0. The molecule has 1 aromatic rings. The van der Waals surface area contributed by atoms with E-state index in [2.05, 4.69) is 6.58 Å². The number of benzene rings is 1. The molecule has 0 N–H and O–H groups in total. The zero-order valence-electron chi connectivity index (χ0n) is 12.7. The van der Waals surface area contributed by atoms with Gasteiger partial charge in [-0.1, -0.05) is 30.4 Å². The van der Waals surface area contributed by atoms with Crippen LogP contribution in [0.5, 0.6) is 0 Å². The average molecular weight is 310 g/mol. The Morgan fingerprint density at radius 2 is 2.00 bits per heavy atom. The first-order valence-corrected chi connectivity index (χ1v) is 8.61. The second-order valence-corrected chi connectivity index (χ2v) is 7.95. The standard InChI is InChI=1S/C16H22O4S/c1-12(2)14(15-10-19-16(3,4)20-15)11-21(17,18)13-8-6-5-7-9-13/h5-9,14-15H,1,10-11H2,2-4H3. The lowest BCUT2D eigenvalue weighted by molar-refractivity contribution is -0.142. The van der Waals surface area contributed by atoms with Gasteiger partial charge in [-0.15, -0.1) is 0 Å². The Labute approximate surface area is 126 Å². The van der Waals surface area contributed by atoms with Crippen molar-refractivity contribution in [1.82, 2.24) is 0 Å². The van der Waals surface area contributed by atoms with Crippen LogP contribution in [0.15, 0.2) is 47.4 Å². The van der Waals surface area contributed by atoms with Crippen LogP contribution in [0.1, 0.15) is 20.8 Å². The third-order valence-electron chi connectivity index (χ3n) is 3.61. The van der Waals surface area contributed by atoms with Gasteiger partial charge in [-0.3, -0.25) is 0 Å². The fourth-order valence-corrected chi connectivity index (χ4v) is 4.18. The van der Waals surface area contributed by atoms with Crippen LogP contribution in [0.25, 0.3) is 0 Å². The van der Waals surface area contributed by atoms with Crippen LogP contribution in [0, 0.1) is 5.92 Å². The van der Waals surface area contributed by atoms with Gasteiger partial charge in [0.25, 0.3) is 0 Å². The van der Waals surface area contributed by atoms with Crippen molar-refractivity contribution < 1.29 is 17.9 Å². The summed E-state index contributed by atoms with van der Waals surface area (Å²) in [5.74, 6) is -0.970. The Balaban J connectivity index is 2.20. The van der Waals surface area contributed by atoms with Crippen molar-refractivity contribution >= 4 is 9.84 Å². The lowest BCUT2D eigenvalue weighted by atomic mass is 9.98. The molecule has 5 heteroatoms. The molecule has 0 saturated carbocycles. The summed E-state index contributed by atoms with van der Waals surface area (Å²) in [5.41, 5.74) is 0.792.